The average molecular weight is 414 g/mol. The van der Waals surface area contributed by atoms with Crippen molar-refractivity contribution in [3.63, 3.8) is 0 Å². The largest absolute Gasteiger partial charge is 0.455 e. The molecule has 26 heavy (non-hydrogen) atoms. The highest BCUT2D eigenvalue weighted by molar-refractivity contribution is 9.10. The first kappa shape index (κ1) is 17.6. The van der Waals surface area contributed by atoms with Gasteiger partial charge in [0, 0.05) is 22.2 Å². The molecule has 0 unspecified atom stereocenters. The highest BCUT2D eigenvalue weighted by Crippen LogP contribution is 2.24. The van der Waals surface area contributed by atoms with Gasteiger partial charge in [-0.2, -0.15) is 5.10 Å². The Bertz CT molecular complexity index is 980. The van der Waals surface area contributed by atoms with Crippen molar-refractivity contribution in [2.45, 2.75) is 0 Å². The molecule has 130 valence electrons. The van der Waals surface area contributed by atoms with E-state index in [1.54, 1.807) is 42.5 Å². The van der Waals surface area contributed by atoms with E-state index in [0.717, 1.165) is 0 Å². The molecule has 0 saturated heterocycles. The molecule has 0 radical (unpaired) electrons. The number of nitro groups is 1. The van der Waals surface area contributed by atoms with Gasteiger partial charge in [-0.15, -0.1) is 0 Å². The molecule has 0 aliphatic carbocycles. The van der Waals surface area contributed by atoms with Crippen LogP contribution in [0.2, 0.25) is 0 Å². The highest BCUT2D eigenvalue weighted by atomic mass is 79.9. The van der Waals surface area contributed by atoms with E-state index in [-0.39, 0.29) is 11.6 Å². The Morgan fingerprint density at radius 1 is 1.12 bits per heavy atom. The molecule has 0 bridgehead atoms. The minimum absolute atomic E-state index is 0.0110. The molecule has 7 nitrogen and oxygen atoms in total. The molecule has 3 aromatic rings. The molecule has 0 spiro atoms. The molecule has 0 fully saturated rings. The summed E-state index contributed by atoms with van der Waals surface area (Å²) in [4.78, 5) is 22.2. The quantitative estimate of drug-likeness (QED) is 0.381. The van der Waals surface area contributed by atoms with Crippen molar-refractivity contribution in [1.82, 2.24) is 5.43 Å². The number of hydrogen-bond donors (Lipinski definition) is 1. The number of halogens is 1. The Morgan fingerprint density at radius 2 is 1.85 bits per heavy atom. The van der Waals surface area contributed by atoms with Gasteiger partial charge >= 0.3 is 0 Å². The molecule has 2 aromatic carbocycles. The number of hydrogen-bond acceptors (Lipinski definition) is 5. The van der Waals surface area contributed by atoms with Gasteiger partial charge in [0.15, 0.2) is 0 Å². The summed E-state index contributed by atoms with van der Waals surface area (Å²) in [5.74, 6) is 0.625. The van der Waals surface area contributed by atoms with E-state index in [0.29, 0.717) is 27.1 Å². The average Bonchev–Trinajstić information content (AvgIpc) is 3.11. The normalized spacial score (nSPS) is 10.8. The summed E-state index contributed by atoms with van der Waals surface area (Å²) < 4.78 is 6.27. The first-order valence-corrected chi connectivity index (χ1v) is 8.26. The zero-order valence-electron chi connectivity index (χ0n) is 13.3. The van der Waals surface area contributed by atoms with Crippen molar-refractivity contribution in [1.29, 1.82) is 0 Å². The summed E-state index contributed by atoms with van der Waals surface area (Å²) in [5.41, 5.74) is 3.60. The topological polar surface area (TPSA) is 97.7 Å². The predicted molar refractivity (Wildman–Crippen MR) is 100 cm³/mol. The van der Waals surface area contributed by atoms with Crippen molar-refractivity contribution in [3.8, 4) is 11.3 Å². The number of nitro benzene ring substituents is 1. The molecule has 1 heterocycles. The first-order chi connectivity index (χ1) is 12.5. The highest BCUT2D eigenvalue weighted by Gasteiger charge is 2.09. The monoisotopic (exact) mass is 413 g/mol. The van der Waals surface area contributed by atoms with Gasteiger partial charge in [0.1, 0.15) is 11.5 Å². The van der Waals surface area contributed by atoms with Crippen molar-refractivity contribution in [3.05, 3.63) is 86.6 Å². The maximum Gasteiger partial charge on any atom is 0.272 e. The van der Waals surface area contributed by atoms with Crippen LogP contribution in [0.1, 0.15) is 16.1 Å². The fourth-order valence-corrected chi connectivity index (χ4v) is 2.65. The smallest absolute Gasteiger partial charge is 0.272 e. The zero-order valence-corrected chi connectivity index (χ0v) is 14.8. The number of furan rings is 1. The van der Waals surface area contributed by atoms with Gasteiger partial charge in [0.05, 0.1) is 16.7 Å². The summed E-state index contributed by atoms with van der Waals surface area (Å²) in [5, 5.41) is 14.6. The van der Waals surface area contributed by atoms with Gasteiger partial charge in [0.25, 0.3) is 11.6 Å². The second-order valence-electron chi connectivity index (χ2n) is 5.18. The maximum atomic E-state index is 12.0. The molecule has 0 atom stereocenters. The van der Waals surface area contributed by atoms with Crippen LogP contribution in [0.5, 0.6) is 0 Å². The summed E-state index contributed by atoms with van der Waals surface area (Å²) in [6.07, 6.45) is 1.38. The van der Waals surface area contributed by atoms with Gasteiger partial charge < -0.3 is 4.42 Å². The van der Waals surface area contributed by atoms with Gasteiger partial charge in [-0.3, -0.25) is 14.9 Å². The van der Waals surface area contributed by atoms with Crippen molar-refractivity contribution < 1.29 is 14.1 Å². The number of nitrogens with one attached hydrogen (secondary N) is 1. The van der Waals surface area contributed by atoms with Crippen LogP contribution in [0, 0.1) is 10.1 Å². The summed E-state index contributed by atoms with van der Waals surface area (Å²) in [6.45, 7) is 0. The lowest BCUT2D eigenvalue weighted by atomic mass is 10.1. The van der Waals surface area contributed by atoms with E-state index < -0.39 is 4.92 Å². The van der Waals surface area contributed by atoms with Crippen molar-refractivity contribution in [2.75, 3.05) is 0 Å². The number of nitrogens with zero attached hydrogens (tertiary/aromatic N) is 2. The molecule has 8 heteroatoms. The van der Waals surface area contributed by atoms with Gasteiger partial charge in [-0.1, -0.05) is 12.1 Å². The van der Waals surface area contributed by atoms with Crippen LogP contribution in [0.4, 0.5) is 5.69 Å². The third-order valence-corrected chi connectivity index (χ3v) is 4.16. The number of non-ortho nitro benzene ring substituents is 1. The minimum Gasteiger partial charge on any atom is -0.455 e. The summed E-state index contributed by atoms with van der Waals surface area (Å²) >= 11 is 3.30. The molecule has 0 aliphatic rings. The summed E-state index contributed by atoms with van der Waals surface area (Å²) in [6, 6.07) is 16.4. The Labute approximate surface area is 156 Å². The molecule has 1 N–H and O–H groups in total. The maximum absolute atomic E-state index is 12.0. The minimum atomic E-state index is -0.461. The molecule has 1 amide bonds. The standard InChI is InChI=1S/C18H12BrN3O4/c19-16-4-2-1-3-15(16)18(23)21-20-11-14-9-10-17(26-14)12-5-7-13(8-6-12)22(24)25/h1-11H,(H,21,23)/b20-11+. The Morgan fingerprint density at radius 3 is 2.54 bits per heavy atom. The van der Waals surface area contributed by atoms with Crippen LogP contribution < -0.4 is 5.43 Å². The Kier molecular flexibility index (Phi) is 5.23. The van der Waals surface area contributed by atoms with E-state index in [1.165, 1.54) is 18.3 Å². The van der Waals surface area contributed by atoms with Crippen LogP contribution >= 0.6 is 15.9 Å². The number of amides is 1. The second kappa shape index (κ2) is 7.75. The van der Waals surface area contributed by atoms with Gasteiger partial charge in [-0.05, 0) is 52.3 Å². The van der Waals surface area contributed by atoms with E-state index in [4.69, 9.17) is 4.42 Å². The third kappa shape index (κ3) is 4.04. The van der Waals surface area contributed by atoms with Crippen LogP contribution in [-0.4, -0.2) is 17.0 Å². The van der Waals surface area contributed by atoms with Crippen LogP contribution in [-0.2, 0) is 0 Å². The fraction of sp³-hybridized carbons (Fsp3) is 0. The van der Waals surface area contributed by atoms with E-state index >= 15 is 0 Å². The third-order valence-electron chi connectivity index (χ3n) is 3.47. The lowest BCUT2D eigenvalue weighted by Crippen LogP contribution is -2.17. The molecule has 1 aromatic heterocycles. The van der Waals surface area contributed by atoms with Crippen LogP contribution in [0.3, 0.4) is 0 Å². The Hall–Kier alpha value is -3.26. The lowest BCUT2D eigenvalue weighted by Gasteiger charge is -2.01. The molecule has 0 aliphatic heterocycles. The zero-order chi connectivity index (χ0) is 18.5. The fourth-order valence-electron chi connectivity index (χ4n) is 2.18. The number of benzene rings is 2. The van der Waals surface area contributed by atoms with Gasteiger partial charge in [0.2, 0.25) is 0 Å². The number of hydrazone groups is 1. The first-order valence-electron chi connectivity index (χ1n) is 7.47. The SMILES string of the molecule is O=C(N/N=C/c1ccc(-c2ccc([N+](=O)[O-])cc2)o1)c1ccccc1Br. The predicted octanol–water partition coefficient (Wildman–Crippen LogP) is 4.38. The summed E-state index contributed by atoms with van der Waals surface area (Å²) in [7, 11) is 0. The second-order valence-corrected chi connectivity index (χ2v) is 6.04. The molecule has 3 rings (SSSR count). The molecular weight excluding hydrogens is 402 g/mol. The van der Waals surface area contributed by atoms with E-state index in [2.05, 4.69) is 26.5 Å². The van der Waals surface area contributed by atoms with Crippen molar-refractivity contribution >= 4 is 33.7 Å². The number of carbonyl (C=O) groups is 1. The van der Waals surface area contributed by atoms with Gasteiger partial charge in [-0.25, -0.2) is 5.43 Å². The Balaban J connectivity index is 1.66. The number of rotatable bonds is 5. The van der Waals surface area contributed by atoms with Crippen molar-refractivity contribution in [2.24, 2.45) is 5.10 Å². The molecule has 0 saturated carbocycles. The van der Waals surface area contributed by atoms with Crippen LogP contribution in [0.15, 0.2) is 74.7 Å². The van der Waals surface area contributed by atoms with E-state index in [9.17, 15) is 14.9 Å². The van der Waals surface area contributed by atoms with Crippen LogP contribution in [0.25, 0.3) is 11.3 Å². The number of carbonyl (C=O) groups excluding carboxylic acids is 1. The lowest BCUT2D eigenvalue weighted by molar-refractivity contribution is -0.384. The van der Waals surface area contributed by atoms with E-state index in [1.807, 2.05) is 6.07 Å². The molecular formula is C18H12BrN3O4.